The second kappa shape index (κ2) is 6.71. The van der Waals surface area contributed by atoms with Crippen molar-refractivity contribution in [2.45, 2.75) is 6.54 Å². The number of hydrogen-bond acceptors (Lipinski definition) is 5. The molecule has 2 aromatic rings. The molecule has 0 aliphatic rings. The highest BCUT2D eigenvalue weighted by molar-refractivity contribution is 6.42. The Labute approximate surface area is 130 Å². The van der Waals surface area contributed by atoms with Crippen molar-refractivity contribution in [3.63, 3.8) is 0 Å². The summed E-state index contributed by atoms with van der Waals surface area (Å²) in [6, 6.07) is 4.20. The zero-order chi connectivity index (χ0) is 15.4. The maximum Gasteiger partial charge on any atom is 0.313 e. The van der Waals surface area contributed by atoms with E-state index in [0.29, 0.717) is 12.3 Å². The first kappa shape index (κ1) is 15.5. The zero-order valence-corrected chi connectivity index (χ0v) is 12.5. The molecule has 0 unspecified atom stereocenters. The summed E-state index contributed by atoms with van der Waals surface area (Å²) in [5.41, 5.74) is 0.626. The Balaban J connectivity index is 2.36. The van der Waals surface area contributed by atoms with Crippen LogP contribution in [0, 0.1) is 10.1 Å². The fraction of sp³-hybridized carbons (Fsp3) is 0.154. The van der Waals surface area contributed by atoms with Gasteiger partial charge in [0.2, 0.25) is 5.75 Å². The summed E-state index contributed by atoms with van der Waals surface area (Å²) >= 11 is 11.7. The maximum absolute atomic E-state index is 11.0. The third-order valence-corrected chi connectivity index (χ3v) is 3.30. The summed E-state index contributed by atoms with van der Waals surface area (Å²) in [5.74, 6) is 0.391. The Morgan fingerprint density at radius 1 is 1.29 bits per heavy atom. The Morgan fingerprint density at radius 2 is 2.00 bits per heavy atom. The molecule has 110 valence electrons. The van der Waals surface area contributed by atoms with Crippen LogP contribution in [0.15, 0.2) is 30.6 Å². The van der Waals surface area contributed by atoms with Crippen LogP contribution in [0.1, 0.15) is 5.56 Å². The van der Waals surface area contributed by atoms with Crippen molar-refractivity contribution < 1.29 is 9.66 Å². The maximum atomic E-state index is 11.0. The fourth-order valence-electron chi connectivity index (χ4n) is 1.69. The molecule has 0 spiro atoms. The SMILES string of the molecule is CNCc1cncc(Oc2cc(Cl)c(Cl)cc2[N+](=O)[O-])c1. The van der Waals surface area contributed by atoms with Crippen molar-refractivity contribution >= 4 is 28.9 Å². The number of aromatic nitrogens is 1. The third-order valence-electron chi connectivity index (χ3n) is 2.58. The third kappa shape index (κ3) is 3.81. The molecule has 8 heteroatoms. The van der Waals surface area contributed by atoms with E-state index in [1.807, 2.05) is 0 Å². The molecule has 0 amide bonds. The van der Waals surface area contributed by atoms with Gasteiger partial charge in [-0.25, -0.2) is 0 Å². The highest BCUT2D eigenvalue weighted by Crippen LogP contribution is 2.37. The number of rotatable bonds is 5. The molecule has 1 heterocycles. The molecular weight excluding hydrogens is 317 g/mol. The van der Waals surface area contributed by atoms with Gasteiger partial charge >= 0.3 is 5.69 Å². The van der Waals surface area contributed by atoms with Crippen molar-refractivity contribution in [3.8, 4) is 11.5 Å². The molecule has 0 saturated heterocycles. The number of hydrogen-bond donors (Lipinski definition) is 1. The lowest BCUT2D eigenvalue weighted by Crippen LogP contribution is -2.05. The minimum absolute atomic E-state index is 0.0119. The van der Waals surface area contributed by atoms with Crippen molar-refractivity contribution in [3.05, 3.63) is 56.3 Å². The van der Waals surface area contributed by atoms with Gasteiger partial charge in [0.15, 0.2) is 0 Å². The predicted octanol–water partition coefficient (Wildman–Crippen LogP) is 3.81. The minimum atomic E-state index is -0.581. The van der Waals surface area contributed by atoms with Gasteiger partial charge in [-0.3, -0.25) is 15.1 Å². The van der Waals surface area contributed by atoms with Crippen LogP contribution in [0.2, 0.25) is 10.0 Å². The van der Waals surface area contributed by atoms with Crippen molar-refractivity contribution in [1.82, 2.24) is 10.3 Å². The van der Waals surface area contributed by atoms with Gasteiger partial charge in [0.05, 0.1) is 21.2 Å². The van der Waals surface area contributed by atoms with E-state index in [0.717, 1.165) is 11.6 Å². The summed E-state index contributed by atoms with van der Waals surface area (Å²) in [7, 11) is 1.80. The van der Waals surface area contributed by atoms with Crippen LogP contribution in [0.5, 0.6) is 11.5 Å². The second-order valence-corrected chi connectivity index (χ2v) is 4.97. The van der Waals surface area contributed by atoms with E-state index in [9.17, 15) is 10.1 Å². The molecule has 1 aromatic heterocycles. The number of nitro benzene ring substituents is 1. The Morgan fingerprint density at radius 3 is 2.67 bits per heavy atom. The monoisotopic (exact) mass is 327 g/mol. The number of nitrogens with zero attached hydrogens (tertiary/aromatic N) is 2. The molecule has 0 aliphatic heterocycles. The van der Waals surface area contributed by atoms with E-state index in [4.69, 9.17) is 27.9 Å². The van der Waals surface area contributed by atoms with Gasteiger partial charge in [0.25, 0.3) is 0 Å². The summed E-state index contributed by atoms with van der Waals surface area (Å²) in [4.78, 5) is 14.5. The van der Waals surface area contributed by atoms with E-state index in [-0.39, 0.29) is 21.5 Å². The van der Waals surface area contributed by atoms with E-state index < -0.39 is 4.92 Å². The molecule has 0 bridgehead atoms. The van der Waals surface area contributed by atoms with Gasteiger partial charge in [-0.05, 0) is 18.7 Å². The summed E-state index contributed by atoms with van der Waals surface area (Å²) in [5, 5.41) is 14.3. The van der Waals surface area contributed by atoms with Gasteiger partial charge in [0.1, 0.15) is 5.75 Å². The van der Waals surface area contributed by atoms with E-state index in [2.05, 4.69) is 10.3 Å². The highest BCUT2D eigenvalue weighted by atomic mass is 35.5. The van der Waals surface area contributed by atoms with Crippen LogP contribution < -0.4 is 10.1 Å². The number of benzene rings is 1. The first-order valence-electron chi connectivity index (χ1n) is 5.91. The van der Waals surface area contributed by atoms with Crippen LogP contribution in [0.25, 0.3) is 0 Å². The molecule has 1 aromatic carbocycles. The van der Waals surface area contributed by atoms with Gasteiger partial charge in [-0.1, -0.05) is 23.2 Å². The number of nitro groups is 1. The molecule has 2 rings (SSSR count). The van der Waals surface area contributed by atoms with Crippen LogP contribution >= 0.6 is 23.2 Å². The topological polar surface area (TPSA) is 77.3 Å². The van der Waals surface area contributed by atoms with Crippen LogP contribution in [-0.2, 0) is 6.54 Å². The van der Waals surface area contributed by atoms with Crippen LogP contribution in [-0.4, -0.2) is 17.0 Å². The lowest BCUT2D eigenvalue weighted by atomic mass is 10.2. The zero-order valence-electron chi connectivity index (χ0n) is 11.0. The van der Waals surface area contributed by atoms with E-state index >= 15 is 0 Å². The first-order chi connectivity index (χ1) is 10.0. The van der Waals surface area contributed by atoms with E-state index in [1.165, 1.54) is 12.3 Å². The van der Waals surface area contributed by atoms with Crippen molar-refractivity contribution in [2.75, 3.05) is 7.05 Å². The number of nitrogens with one attached hydrogen (secondary N) is 1. The summed E-state index contributed by atoms with van der Waals surface area (Å²) < 4.78 is 5.52. The highest BCUT2D eigenvalue weighted by Gasteiger charge is 2.19. The number of pyridine rings is 1. The quantitative estimate of drug-likeness (QED) is 0.667. The molecule has 0 saturated carbocycles. The van der Waals surface area contributed by atoms with Gasteiger partial charge in [-0.2, -0.15) is 0 Å². The number of halogens is 2. The van der Waals surface area contributed by atoms with Gasteiger partial charge < -0.3 is 10.1 Å². The molecule has 0 aliphatic carbocycles. The first-order valence-corrected chi connectivity index (χ1v) is 6.66. The van der Waals surface area contributed by atoms with Crippen molar-refractivity contribution in [2.24, 2.45) is 0 Å². The average Bonchev–Trinajstić information content (AvgIpc) is 2.43. The normalized spacial score (nSPS) is 10.4. The Hall–Kier alpha value is -1.89. The van der Waals surface area contributed by atoms with Crippen molar-refractivity contribution in [1.29, 1.82) is 0 Å². The molecule has 0 fully saturated rings. The molecule has 0 atom stereocenters. The predicted molar refractivity (Wildman–Crippen MR) is 80.2 cm³/mol. The fourth-order valence-corrected chi connectivity index (χ4v) is 2.00. The van der Waals surface area contributed by atoms with Crippen LogP contribution in [0.3, 0.4) is 0 Å². The summed E-state index contributed by atoms with van der Waals surface area (Å²) in [6.45, 7) is 0.605. The van der Waals surface area contributed by atoms with Gasteiger partial charge in [-0.15, -0.1) is 0 Å². The lowest BCUT2D eigenvalue weighted by Gasteiger charge is -2.08. The molecule has 6 nitrogen and oxygen atoms in total. The lowest BCUT2D eigenvalue weighted by molar-refractivity contribution is -0.385. The largest absolute Gasteiger partial charge is 0.448 e. The molecular formula is C13H11Cl2N3O3. The summed E-state index contributed by atoms with van der Waals surface area (Å²) in [6.07, 6.45) is 3.14. The Bertz CT molecular complexity index is 680. The Kier molecular flexibility index (Phi) is 4.95. The smallest absolute Gasteiger partial charge is 0.313 e. The average molecular weight is 328 g/mol. The second-order valence-electron chi connectivity index (χ2n) is 4.15. The molecule has 0 radical (unpaired) electrons. The molecule has 1 N–H and O–H groups in total. The van der Waals surface area contributed by atoms with Gasteiger partial charge in [0, 0.05) is 24.9 Å². The standard InChI is InChI=1S/C13H11Cl2N3O3/c1-16-5-8-2-9(7-17-6-8)21-13-4-11(15)10(14)3-12(13)18(19)20/h2-4,6-7,16H,5H2,1H3. The number of ether oxygens (including phenoxy) is 1. The molecule has 21 heavy (non-hydrogen) atoms. The van der Waals surface area contributed by atoms with Crippen LogP contribution in [0.4, 0.5) is 5.69 Å². The minimum Gasteiger partial charge on any atom is -0.448 e. The van der Waals surface area contributed by atoms with E-state index in [1.54, 1.807) is 19.3 Å².